The lowest BCUT2D eigenvalue weighted by atomic mass is 9.85. The molecule has 0 aromatic rings. The molecule has 0 aliphatic heterocycles. The van der Waals surface area contributed by atoms with E-state index in [1.807, 2.05) is 31.2 Å². The fourth-order valence-corrected chi connectivity index (χ4v) is 3.23. The van der Waals surface area contributed by atoms with E-state index in [9.17, 15) is 15.0 Å². The monoisotopic (exact) mass is 338 g/mol. The van der Waals surface area contributed by atoms with Crippen LogP contribution in [0.2, 0.25) is 0 Å². The largest absolute Gasteiger partial charge is 0.469 e. The minimum absolute atomic E-state index is 0.129. The summed E-state index contributed by atoms with van der Waals surface area (Å²) >= 11 is 0. The van der Waals surface area contributed by atoms with Crippen LogP contribution in [-0.4, -0.2) is 35.5 Å². The van der Waals surface area contributed by atoms with Crippen molar-refractivity contribution in [3.63, 3.8) is 0 Å². The Labute approximate surface area is 146 Å². The van der Waals surface area contributed by atoms with Crippen molar-refractivity contribution in [1.29, 1.82) is 0 Å². The van der Waals surface area contributed by atoms with Gasteiger partial charge < -0.3 is 14.9 Å². The number of rotatable bonds is 11. The van der Waals surface area contributed by atoms with Gasteiger partial charge >= 0.3 is 5.97 Å². The van der Waals surface area contributed by atoms with Gasteiger partial charge in [-0.15, -0.1) is 0 Å². The minimum Gasteiger partial charge on any atom is -0.469 e. The number of hydrogen-bond donors (Lipinski definition) is 2. The Morgan fingerprint density at radius 2 is 2.04 bits per heavy atom. The van der Waals surface area contributed by atoms with E-state index in [-0.39, 0.29) is 23.7 Å². The van der Waals surface area contributed by atoms with E-state index in [2.05, 4.69) is 6.92 Å². The number of esters is 1. The maximum atomic E-state index is 11.3. The summed E-state index contributed by atoms with van der Waals surface area (Å²) in [6, 6.07) is 0. The summed E-state index contributed by atoms with van der Waals surface area (Å²) in [5.74, 6) is 0.351. The molecule has 0 fully saturated rings. The predicted molar refractivity (Wildman–Crippen MR) is 96.4 cm³/mol. The average molecular weight is 338 g/mol. The van der Waals surface area contributed by atoms with Crippen LogP contribution in [-0.2, 0) is 9.53 Å². The van der Waals surface area contributed by atoms with Crippen molar-refractivity contribution in [2.45, 2.75) is 71.0 Å². The van der Waals surface area contributed by atoms with Gasteiger partial charge in [-0.2, -0.15) is 0 Å². The molecular weight excluding hydrogens is 304 g/mol. The lowest BCUT2D eigenvalue weighted by Gasteiger charge is -2.22. The number of methoxy groups -OCH3 is 1. The van der Waals surface area contributed by atoms with Crippen molar-refractivity contribution < 1.29 is 19.7 Å². The molecule has 0 heterocycles. The first-order valence-corrected chi connectivity index (χ1v) is 9.27. The van der Waals surface area contributed by atoms with Crippen molar-refractivity contribution >= 4 is 5.97 Å². The molecule has 0 amide bonds. The second-order valence-corrected chi connectivity index (χ2v) is 7.03. The maximum absolute atomic E-state index is 11.3. The number of ether oxygens (including phenoxy) is 1. The Balaban J connectivity index is 2.43. The zero-order valence-corrected chi connectivity index (χ0v) is 15.4. The van der Waals surface area contributed by atoms with Crippen LogP contribution in [0.1, 0.15) is 58.8 Å². The summed E-state index contributed by atoms with van der Waals surface area (Å²) in [6.45, 7) is 4.19. The maximum Gasteiger partial charge on any atom is 0.305 e. The number of allylic oxidation sites excluding steroid dienone is 2. The van der Waals surface area contributed by atoms with E-state index in [1.165, 1.54) is 7.11 Å². The number of hydrogen-bond acceptors (Lipinski definition) is 4. The van der Waals surface area contributed by atoms with Crippen molar-refractivity contribution in [3.8, 4) is 0 Å². The Morgan fingerprint density at radius 3 is 2.71 bits per heavy atom. The topological polar surface area (TPSA) is 66.8 Å². The Hall–Kier alpha value is -1.13. The predicted octanol–water partition coefficient (Wildman–Crippen LogP) is 3.63. The van der Waals surface area contributed by atoms with Crippen molar-refractivity contribution in [1.82, 2.24) is 0 Å². The molecule has 2 N–H and O–H groups in total. The van der Waals surface area contributed by atoms with E-state index in [4.69, 9.17) is 4.74 Å². The highest BCUT2D eigenvalue weighted by atomic mass is 16.5. The van der Waals surface area contributed by atoms with Gasteiger partial charge in [0, 0.05) is 12.3 Å². The molecule has 0 saturated heterocycles. The van der Waals surface area contributed by atoms with Gasteiger partial charge in [-0.3, -0.25) is 4.79 Å². The Morgan fingerprint density at radius 1 is 1.29 bits per heavy atom. The van der Waals surface area contributed by atoms with Crippen LogP contribution in [0.5, 0.6) is 0 Å². The second-order valence-electron chi connectivity index (χ2n) is 7.03. The standard InChI is InChI=1S/C20H34O4/c1-4-5-6-7-17(21)11-9-16-10-13-19(22)18(16)12-8-15(2)14-20(23)24-3/h9-11,13,15-19,21-22H,4-8,12,14H2,1-3H3. The van der Waals surface area contributed by atoms with Crippen molar-refractivity contribution in [2.75, 3.05) is 7.11 Å². The molecule has 5 unspecified atom stereocenters. The van der Waals surface area contributed by atoms with Crippen molar-refractivity contribution in [3.05, 3.63) is 24.3 Å². The van der Waals surface area contributed by atoms with Gasteiger partial charge in [-0.05, 0) is 31.1 Å². The van der Waals surface area contributed by atoms with E-state index in [0.717, 1.165) is 38.5 Å². The van der Waals surface area contributed by atoms with Gasteiger partial charge in [-0.25, -0.2) is 0 Å². The van der Waals surface area contributed by atoms with Crippen LogP contribution in [0, 0.1) is 17.8 Å². The molecule has 0 bridgehead atoms. The molecule has 138 valence electrons. The summed E-state index contributed by atoms with van der Waals surface area (Å²) in [5.41, 5.74) is 0. The van der Waals surface area contributed by atoms with Gasteiger partial charge in [0.1, 0.15) is 0 Å². The van der Waals surface area contributed by atoms with E-state index >= 15 is 0 Å². The lowest BCUT2D eigenvalue weighted by Crippen LogP contribution is -2.20. The van der Waals surface area contributed by atoms with Crippen molar-refractivity contribution in [2.24, 2.45) is 17.8 Å². The lowest BCUT2D eigenvalue weighted by molar-refractivity contribution is -0.141. The highest BCUT2D eigenvalue weighted by molar-refractivity contribution is 5.69. The first kappa shape index (κ1) is 20.9. The molecule has 1 aliphatic rings. The average Bonchev–Trinajstić information content (AvgIpc) is 2.91. The number of aliphatic hydroxyl groups excluding tert-OH is 2. The molecule has 1 aliphatic carbocycles. The second kappa shape index (κ2) is 11.4. The summed E-state index contributed by atoms with van der Waals surface area (Å²) < 4.78 is 4.70. The molecule has 0 radical (unpaired) electrons. The molecule has 4 heteroatoms. The fraction of sp³-hybridized carbons (Fsp3) is 0.750. The Bertz CT molecular complexity index is 416. The molecule has 5 atom stereocenters. The van der Waals surface area contributed by atoms with Gasteiger partial charge in [0.15, 0.2) is 0 Å². The number of unbranched alkanes of at least 4 members (excludes halogenated alkanes) is 2. The molecule has 1 rings (SSSR count). The number of carbonyl (C=O) groups is 1. The normalized spacial score (nSPS) is 26.0. The van der Waals surface area contributed by atoms with Crippen LogP contribution in [0.25, 0.3) is 0 Å². The first-order valence-electron chi connectivity index (χ1n) is 9.27. The van der Waals surface area contributed by atoms with Crippen LogP contribution >= 0.6 is 0 Å². The highest BCUT2D eigenvalue weighted by Gasteiger charge is 2.29. The molecular formula is C20H34O4. The third-order valence-electron chi connectivity index (χ3n) is 4.86. The number of carbonyl (C=O) groups excluding carboxylic acids is 1. The van der Waals surface area contributed by atoms with Crippen LogP contribution in [0.15, 0.2) is 24.3 Å². The van der Waals surface area contributed by atoms with Crippen LogP contribution < -0.4 is 0 Å². The molecule has 24 heavy (non-hydrogen) atoms. The van der Waals surface area contributed by atoms with Gasteiger partial charge in [0.05, 0.1) is 19.3 Å². The molecule has 0 saturated carbocycles. The van der Waals surface area contributed by atoms with Gasteiger partial charge in [0.2, 0.25) is 0 Å². The first-order chi connectivity index (χ1) is 11.5. The zero-order chi connectivity index (χ0) is 17.9. The fourth-order valence-electron chi connectivity index (χ4n) is 3.23. The number of aliphatic hydroxyl groups is 2. The molecule has 4 nitrogen and oxygen atoms in total. The third-order valence-corrected chi connectivity index (χ3v) is 4.86. The van der Waals surface area contributed by atoms with Gasteiger partial charge in [-0.1, -0.05) is 57.4 Å². The Kier molecular flexibility index (Phi) is 9.96. The summed E-state index contributed by atoms with van der Waals surface area (Å²) in [5, 5.41) is 20.2. The summed E-state index contributed by atoms with van der Waals surface area (Å²) in [4.78, 5) is 11.3. The van der Waals surface area contributed by atoms with Crippen LogP contribution in [0.4, 0.5) is 0 Å². The summed E-state index contributed by atoms with van der Waals surface area (Å²) in [6.07, 6.45) is 13.2. The third kappa shape index (κ3) is 7.63. The zero-order valence-electron chi connectivity index (χ0n) is 15.4. The molecule has 0 aromatic heterocycles. The SMILES string of the molecule is CCCCCC(O)C=CC1C=CC(O)C1CCC(C)CC(=O)OC. The van der Waals surface area contributed by atoms with Gasteiger partial charge in [0.25, 0.3) is 0 Å². The molecule has 0 aromatic carbocycles. The molecule has 0 spiro atoms. The van der Waals surface area contributed by atoms with E-state index < -0.39 is 12.2 Å². The minimum atomic E-state index is -0.442. The van der Waals surface area contributed by atoms with Crippen LogP contribution in [0.3, 0.4) is 0 Å². The summed E-state index contributed by atoms with van der Waals surface area (Å²) in [7, 11) is 1.41. The van der Waals surface area contributed by atoms with E-state index in [1.54, 1.807) is 0 Å². The highest BCUT2D eigenvalue weighted by Crippen LogP contribution is 2.32. The van der Waals surface area contributed by atoms with E-state index in [0.29, 0.717) is 6.42 Å². The quantitative estimate of drug-likeness (QED) is 0.343. The smallest absolute Gasteiger partial charge is 0.305 e.